The van der Waals surface area contributed by atoms with E-state index in [9.17, 15) is 5.11 Å². The van der Waals surface area contributed by atoms with Gasteiger partial charge in [-0.2, -0.15) is 20.1 Å². The van der Waals surface area contributed by atoms with Crippen LogP contribution in [0.5, 0.6) is 0 Å². The van der Waals surface area contributed by atoms with E-state index >= 15 is 0 Å². The number of anilines is 2. The topological polar surface area (TPSA) is 101 Å². The van der Waals surface area contributed by atoms with Crippen LogP contribution in [-0.2, 0) is 0 Å². The number of nitrogens with one attached hydrogen (secondary N) is 2. The monoisotopic (exact) mass is 277 g/mol. The fourth-order valence-corrected chi connectivity index (χ4v) is 1.62. The Morgan fingerprint density at radius 2 is 2.00 bits per heavy atom. The molecule has 1 atom stereocenters. The molecule has 0 fully saturated rings. The van der Waals surface area contributed by atoms with Crippen molar-refractivity contribution in [2.45, 2.75) is 19.9 Å². The maximum atomic E-state index is 9.37. The molecule has 20 heavy (non-hydrogen) atoms. The molecule has 0 aliphatic rings. The van der Waals surface area contributed by atoms with Gasteiger partial charge in [-0.3, -0.25) is 0 Å². The van der Waals surface area contributed by atoms with Gasteiger partial charge in [-0.15, -0.1) is 0 Å². The molecule has 2 heterocycles. The molecule has 0 aliphatic heterocycles. The summed E-state index contributed by atoms with van der Waals surface area (Å²) in [5, 5.41) is 19.5. The maximum Gasteiger partial charge on any atom is 0.257 e. The smallest absolute Gasteiger partial charge is 0.257 e. The number of hydrogen-bond donors (Lipinski definition) is 3. The average molecular weight is 277 g/mol. The van der Waals surface area contributed by atoms with Crippen molar-refractivity contribution in [2.75, 3.05) is 24.3 Å². The van der Waals surface area contributed by atoms with E-state index in [1.54, 1.807) is 30.2 Å². The minimum atomic E-state index is -0.118. The second kappa shape index (κ2) is 6.29. The molecule has 0 saturated heterocycles. The summed E-state index contributed by atoms with van der Waals surface area (Å²) in [7, 11) is 1.73. The van der Waals surface area contributed by atoms with Gasteiger partial charge in [0.1, 0.15) is 0 Å². The Hall–Kier alpha value is -2.22. The van der Waals surface area contributed by atoms with Gasteiger partial charge in [-0.05, 0) is 12.0 Å². The Labute approximate surface area is 117 Å². The van der Waals surface area contributed by atoms with Gasteiger partial charge in [0, 0.05) is 19.4 Å². The first-order valence-electron chi connectivity index (χ1n) is 6.45. The third-order valence-electron chi connectivity index (χ3n) is 2.87. The zero-order chi connectivity index (χ0) is 14.5. The lowest BCUT2D eigenvalue weighted by atomic mass is 10.1. The maximum absolute atomic E-state index is 9.37. The molecule has 8 heteroatoms. The molecule has 0 radical (unpaired) electrons. The van der Waals surface area contributed by atoms with Crippen molar-refractivity contribution in [1.82, 2.24) is 24.7 Å². The van der Waals surface area contributed by atoms with Crippen molar-refractivity contribution >= 4 is 11.9 Å². The predicted molar refractivity (Wildman–Crippen MR) is 75.8 cm³/mol. The van der Waals surface area contributed by atoms with Crippen molar-refractivity contribution < 1.29 is 5.11 Å². The van der Waals surface area contributed by atoms with Crippen LogP contribution < -0.4 is 10.6 Å². The van der Waals surface area contributed by atoms with Crippen molar-refractivity contribution in [2.24, 2.45) is 5.92 Å². The lowest BCUT2D eigenvalue weighted by molar-refractivity contribution is 0.248. The second-order valence-electron chi connectivity index (χ2n) is 4.66. The number of aliphatic hydroxyl groups excluding tert-OH is 1. The third-order valence-corrected chi connectivity index (χ3v) is 2.87. The van der Waals surface area contributed by atoms with Crippen LogP contribution in [0.1, 0.15) is 13.8 Å². The Kier molecular flexibility index (Phi) is 4.46. The lowest BCUT2D eigenvalue weighted by Gasteiger charge is -2.20. The summed E-state index contributed by atoms with van der Waals surface area (Å²) >= 11 is 0. The molecule has 2 aromatic heterocycles. The highest BCUT2D eigenvalue weighted by atomic mass is 16.3. The predicted octanol–water partition coefficient (Wildman–Crippen LogP) is 0.528. The highest BCUT2D eigenvalue weighted by Crippen LogP contribution is 2.12. The Morgan fingerprint density at radius 3 is 2.55 bits per heavy atom. The first kappa shape index (κ1) is 14.2. The van der Waals surface area contributed by atoms with Gasteiger partial charge in [-0.25, -0.2) is 4.68 Å². The van der Waals surface area contributed by atoms with Crippen molar-refractivity contribution in [3.8, 4) is 5.95 Å². The van der Waals surface area contributed by atoms with Gasteiger partial charge in [0.15, 0.2) is 0 Å². The Morgan fingerprint density at radius 1 is 1.25 bits per heavy atom. The SMILES string of the molecule is CNc1nc(N[C@H](CO)C(C)C)nc(-n2cccn2)n1. The number of hydrogen-bond acceptors (Lipinski definition) is 7. The number of aliphatic hydroxyl groups is 1. The first-order chi connectivity index (χ1) is 9.63. The van der Waals surface area contributed by atoms with Crippen LogP contribution in [0, 0.1) is 5.92 Å². The number of nitrogens with zero attached hydrogens (tertiary/aromatic N) is 5. The minimum absolute atomic E-state index is 0.00927. The molecule has 0 aliphatic carbocycles. The molecule has 0 unspecified atom stereocenters. The number of rotatable bonds is 6. The summed E-state index contributed by atoms with van der Waals surface area (Å²) in [5.74, 6) is 1.51. The van der Waals surface area contributed by atoms with Gasteiger partial charge >= 0.3 is 0 Å². The largest absolute Gasteiger partial charge is 0.394 e. The fraction of sp³-hybridized carbons (Fsp3) is 0.500. The summed E-state index contributed by atoms with van der Waals surface area (Å²) in [6.45, 7) is 4.04. The van der Waals surface area contributed by atoms with Crippen molar-refractivity contribution in [1.29, 1.82) is 0 Å². The van der Waals surface area contributed by atoms with E-state index in [0.717, 1.165) is 0 Å². The minimum Gasteiger partial charge on any atom is -0.394 e. The molecule has 0 saturated carbocycles. The van der Waals surface area contributed by atoms with E-state index in [1.165, 1.54) is 0 Å². The summed E-state index contributed by atoms with van der Waals surface area (Å²) in [6.07, 6.45) is 3.41. The van der Waals surface area contributed by atoms with Crippen LogP contribution in [-0.4, -0.2) is 49.5 Å². The van der Waals surface area contributed by atoms with E-state index < -0.39 is 0 Å². The zero-order valence-corrected chi connectivity index (χ0v) is 11.8. The molecule has 0 amide bonds. The Balaban J connectivity index is 2.31. The van der Waals surface area contributed by atoms with Gasteiger partial charge in [0.05, 0.1) is 12.6 Å². The van der Waals surface area contributed by atoms with Crippen molar-refractivity contribution in [3.05, 3.63) is 18.5 Å². The average Bonchev–Trinajstić information content (AvgIpc) is 2.98. The van der Waals surface area contributed by atoms with Crippen molar-refractivity contribution in [3.63, 3.8) is 0 Å². The molecule has 0 aromatic carbocycles. The third kappa shape index (κ3) is 3.21. The van der Waals surface area contributed by atoms with Crippen LogP contribution in [0.2, 0.25) is 0 Å². The van der Waals surface area contributed by atoms with Gasteiger partial charge < -0.3 is 15.7 Å². The molecular weight excluding hydrogens is 258 g/mol. The van der Waals surface area contributed by atoms with E-state index in [4.69, 9.17) is 0 Å². The normalized spacial score (nSPS) is 12.4. The highest BCUT2D eigenvalue weighted by molar-refractivity contribution is 5.38. The summed E-state index contributed by atoms with van der Waals surface area (Å²) in [4.78, 5) is 12.8. The van der Waals surface area contributed by atoms with Gasteiger partial charge in [0.2, 0.25) is 11.9 Å². The summed E-state index contributed by atoms with van der Waals surface area (Å²) < 4.78 is 1.55. The van der Waals surface area contributed by atoms with Crippen LogP contribution in [0.3, 0.4) is 0 Å². The van der Waals surface area contributed by atoms with Crippen LogP contribution in [0.15, 0.2) is 18.5 Å². The van der Waals surface area contributed by atoms with E-state index in [-0.39, 0.29) is 18.6 Å². The van der Waals surface area contributed by atoms with E-state index in [2.05, 4.69) is 30.7 Å². The zero-order valence-electron chi connectivity index (χ0n) is 11.8. The highest BCUT2D eigenvalue weighted by Gasteiger charge is 2.15. The molecule has 8 nitrogen and oxygen atoms in total. The first-order valence-corrected chi connectivity index (χ1v) is 6.45. The van der Waals surface area contributed by atoms with E-state index in [1.807, 2.05) is 13.8 Å². The molecular formula is C12H19N7O. The number of aromatic nitrogens is 5. The van der Waals surface area contributed by atoms with Crippen LogP contribution >= 0.6 is 0 Å². The lowest BCUT2D eigenvalue weighted by Crippen LogP contribution is -2.30. The molecule has 2 aromatic rings. The summed E-state index contributed by atoms with van der Waals surface area (Å²) in [6, 6.07) is 1.67. The molecule has 0 bridgehead atoms. The van der Waals surface area contributed by atoms with Crippen LogP contribution in [0.4, 0.5) is 11.9 Å². The standard InChI is InChI=1S/C12H19N7O/c1-8(2)9(7-20)15-11-16-10(13-3)17-12(18-11)19-6-4-5-14-19/h4-6,8-9,20H,7H2,1-3H3,(H2,13,15,16,17,18)/t9-/m1/s1. The Bertz CT molecular complexity index is 541. The van der Waals surface area contributed by atoms with Gasteiger partial charge in [0.25, 0.3) is 5.95 Å². The van der Waals surface area contributed by atoms with Crippen LogP contribution in [0.25, 0.3) is 5.95 Å². The molecule has 3 N–H and O–H groups in total. The molecule has 108 valence electrons. The van der Waals surface area contributed by atoms with Gasteiger partial charge in [-0.1, -0.05) is 13.8 Å². The quantitative estimate of drug-likeness (QED) is 0.708. The molecule has 0 spiro atoms. The van der Waals surface area contributed by atoms with E-state index in [0.29, 0.717) is 17.8 Å². The second-order valence-corrected chi connectivity index (χ2v) is 4.66. The summed E-state index contributed by atoms with van der Waals surface area (Å²) in [5.41, 5.74) is 0. The molecule has 2 rings (SSSR count). The fourth-order valence-electron chi connectivity index (χ4n) is 1.62.